The van der Waals surface area contributed by atoms with Crippen molar-refractivity contribution in [3.8, 4) is 0 Å². The molecule has 1 saturated heterocycles. The quantitative estimate of drug-likeness (QED) is 0.919. The molecule has 124 valence electrons. The summed E-state index contributed by atoms with van der Waals surface area (Å²) in [7, 11) is 0. The SMILES string of the molecule is CCn1c(CC2CCN(Cc3ccc(F)cc3)CC2)n[nH]c1=O. The lowest BCUT2D eigenvalue weighted by atomic mass is 9.93. The van der Waals surface area contributed by atoms with Crippen LogP contribution in [0.2, 0.25) is 0 Å². The van der Waals surface area contributed by atoms with E-state index in [4.69, 9.17) is 0 Å². The summed E-state index contributed by atoms with van der Waals surface area (Å²) < 4.78 is 14.7. The maximum absolute atomic E-state index is 12.9. The first-order chi connectivity index (χ1) is 11.2. The van der Waals surface area contributed by atoms with Crippen molar-refractivity contribution in [1.29, 1.82) is 0 Å². The Morgan fingerprint density at radius 1 is 1.26 bits per heavy atom. The highest BCUT2D eigenvalue weighted by Gasteiger charge is 2.21. The van der Waals surface area contributed by atoms with E-state index in [1.54, 1.807) is 4.57 Å². The topological polar surface area (TPSA) is 53.9 Å². The van der Waals surface area contributed by atoms with Gasteiger partial charge >= 0.3 is 5.69 Å². The zero-order valence-electron chi connectivity index (χ0n) is 13.5. The number of halogens is 1. The molecule has 0 atom stereocenters. The summed E-state index contributed by atoms with van der Waals surface area (Å²) in [5, 5.41) is 6.69. The molecule has 0 unspecified atom stereocenters. The van der Waals surface area contributed by atoms with E-state index in [0.717, 1.165) is 50.3 Å². The highest BCUT2D eigenvalue weighted by atomic mass is 19.1. The molecule has 0 aliphatic carbocycles. The van der Waals surface area contributed by atoms with E-state index >= 15 is 0 Å². The smallest absolute Gasteiger partial charge is 0.299 e. The second kappa shape index (κ2) is 7.08. The van der Waals surface area contributed by atoms with Gasteiger partial charge < -0.3 is 0 Å². The van der Waals surface area contributed by atoms with Crippen molar-refractivity contribution in [2.24, 2.45) is 5.92 Å². The van der Waals surface area contributed by atoms with Gasteiger partial charge in [-0.15, -0.1) is 0 Å². The number of aromatic amines is 1. The Hall–Kier alpha value is -1.95. The maximum atomic E-state index is 12.9. The summed E-state index contributed by atoms with van der Waals surface area (Å²) in [5.74, 6) is 1.25. The number of likely N-dealkylation sites (tertiary alicyclic amines) is 1. The molecule has 1 aromatic carbocycles. The van der Waals surface area contributed by atoms with Crippen LogP contribution < -0.4 is 5.69 Å². The van der Waals surface area contributed by atoms with Crippen LogP contribution in [0, 0.1) is 11.7 Å². The van der Waals surface area contributed by atoms with Crippen molar-refractivity contribution in [2.45, 2.75) is 39.3 Å². The van der Waals surface area contributed by atoms with Gasteiger partial charge in [0.25, 0.3) is 0 Å². The van der Waals surface area contributed by atoms with E-state index in [2.05, 4.69) is 15.1 Å². The maximum Gasteiger partial charge on any atom is 0.343 e. The van der Waals surface area contributed by atoms with E-state index in [0.29, 0.717) is 12.5 Å². The zero-order chi connectivity index (χ0) is 16.2. The summed E-state index contributed by atoms with van der Waals surface area (Å²) in [6, 6.07) is 6.74. The van der Waals surface area contributed by atoms with Crippen LogP contribution in [0.3, 0.4) is 0 Å². The number of H-pyrrole nitrogens is 1. The first-order valence-corrected chi connectivity index (χ1v) is 8.26. The van der Waals surface area contributed by atoms with Crippen molar-refractivity contribution >= 4 is 0 Å². The third kappa shape index (κ3) is 3.88. The number of rotatable bonds is 5. The van der Waals surface area contributed by atoms with Gasteiger partial charge in [-0.05, 0) is 56.5 Å². The third-order valence-corrected chi connectivity index (χ3v) is 4.65. The molecule has 1 aliphatic rings. The molecule has 2 aromatic rings. The van der Waals surface area contributed by atoms with Gasteiger partial charge in [0.15, 0.2) is 0 Å². The normalized spacial score (nSPS) is 16.8. The van der Waals surface area contributed by atoms with Crippen LogP contribution in [-0.4, -0.2) is 32.8 Å². The van der Waals surface area contributed by atoms with Gasteiger partial charge in [-0.25, -0.2) is 14.3 Å². The van der Waals surface area contributed by atoms with Crippen molar-refractivity contribution in [2.75, 3.05) is 13.1 Å². The third-order valence-electron chi connectivity index (χ3n) is 4.65. The summed E-state index contributed by atoms with van der Waals surface area (Å²) in [5.41, 5.74) is 1.04. The Bertz CT molecular complexity index is 683. The molecule has 1 aromatic heterocycles. The predicted octanol–water partition coefficient (Wildman–Crippen LogP) is 2.19. The second-order valence-corrected chi connectivity index (χ2v) is 6.24. The minimum Gasteiger partial charge on any atom is -0.299 e. The summed E-state index contributed by atoms with van der Waals surface area (Å²) in [6.07, 6.45) is 3.06. The lowest BCUT2D eigenvalue weighted by molar-refractivity contribution is 0.175. The number of nitrogens with zero attached hydrogens (tertiary/aromatic N) is 3. The number of benzene rings is 1. The standard InChI is InChI=1S/C17H23FN4O/c1-2-22-16(19-20-17(22)23)11-13-7-9-21(10-8-13)12-14-3-5-15(18)6-4-14/h3-6,13H,2,7-12H2,1H3,(H,20,23). The predicted molar refractivity (Wildman–Crippen MR) is 86.6 cm³/mol. The minimum atomic E-state index is -0.187. The van der Waals surface area contributed by atoms with Gasteiger partial charge in [0.05, 0.1) is 0 Å². The summed E-state index contributed by atoms with van der Waals surface area (Å²) in [4.78, 5) is 14.0. The monoisotopic (exact) mass is 318 g/mol. The van der Waals surface area contributed by atoms with Crippen LogP contribution in [0.15, 0.2) is 29.1 Å². The molecule has 0 spiro atoms. The second-order valence-electron chi connectivity index (χ2n) is 6.24. The van der Waals surface area contributed by atoms with Crippen LogP contribution in [0.1, 0.15) is 31.2 Å². The molecule has 1 N–H and O–H groups in total. The van der Waals surface area contributed by atoms with E-state index in [1.165, 1.54) is 12.1 Å². The first kappa shape index (κ1) is 15.9. The van der Waals surface area contributed by atoms with Crippen LogP contribution >= 0.6 is 0 Å². The van der Waals surface area contributed by atoms with Gasteiger partial charge in [0.2, 0.25) is 0 Å². The van der Waals surface area contributed by atoms with Gasteiger partial charge in [0, 0.05) is 19.5 Å². The fourth-order valence-corrected chi connectivity index (χ4v) is 3.29. The average molecular weight is 318 g/mol. The lowest BCUT2D eigenvalue weighted by Gasteiger charge is -2.31. The molecule has 5 nitrogen and oxygen atoms in total. The van der Waals surface area contributed by atoms with E-state index in [1.807, 2.05) is 19.1 Å². The average Bonchev–Trinajstić information content (AvgIpc) is 2.91. The van der Waals surface area contributed by atoms with Crippen LogP contribution in [0.5, 0.6) is 0 Å². The Morgan fingerprint density at radius 2 is 1.96 bits per heavy atom. The van der Waals surface area contributed by atoms with Gasteiger partial charge in [0.1, 0.15) is 11.6 Å². The molecule has 1 fully saturated rings. The highest BCUT2D eigenvalue weighted by Crippen LogP contribution is 2.22. The number of hydrogen-bond donors (Lipinski definition) is 1. The molecule has 2 heterocycles. The Balaban J connectivity index is 1.52. The molecule has 6 heteroatoms. The molecule has 23 heavy (non-hydrogen) atoms. The van der Waals surface area contributed by atoms with E-state index < -0.39 is 0 Å². The summed E-state index contributed by atoms with van der Waals surface area (Å²) in [6.45, 7) is 5.56. The first-order valence-electron chi connectivity index (χ1n) is 8.26. The zero-order valence-corrected chi connectivity index (χ0v) is 13.5. The fraction of sp³-hybridized carbons (Fsp3) is 0.529. The Kier molecular flexibility index (Phi) is 4.91. The lowest BCUT2D eigenvalue weighted by Crippen LogP contribution is -2.34. The highest BCUT2D eigenvalue weighted by molar-refractivity contribution is 5.15. The number of aromatic nitrogens is 3. The molecule has 0 radical (unpaired) electrons. The van der Waals surface area contributed by atoms with Crippen molar-refractivity contribution in [1.82, 2.24) is 19.7 Å². The van der Waals surface area contributed by atoms with Gasteiger partial charge in [-0.1, -0.05) is 12.1 Å². The number of piperidine rings is 1. The fourth-order valence-electron chi connectivity index (χ4n) is 3.29. The largest absolute Gasteiger partial charge is 0.343 e. The van der Waals surface area contributed by atoms with Crippen LogP contribution in [0.4, 0.5) is 4.39 Å². The van der Waals surface area contributed by atoms with Crippen molar-refractivity contribution in [3.63, 3.8) is 0 Å². The minimum absolute atomic E-state index is 0.115. The Labute approximate surface area is 135 Å². The molecule has 0 amide bonds. The van der Waals surface area contributed by atoms with Gasteiger partial charge in [-0.3, -0.25) is 9.47 Å². The van der Waals surface area contributed by atoms with E-state index in [9.17, 15) is 9.18 Å². The molecular formula is C17H23FN4O. The van der Waals surface area contributed by atoms with Crippen LogP contribution in [0.25, 0.3) is 0 Å². The van der Waals surface area contributed by atoms with Crippen molar-refractivity contribution in [3.05, 3.63) is 52.0 Å². The molecule has 1 aliphatic heterocycles. The molecule has 3 rings (SSSR count). The molecule has 0 bridgehead atoms. The molecular weight excluding hydrogens is 295 g/mol. The number of nitrogens with one attached hydrogen (secondary N) is 1. The van der Waals surface area contributed by atoms with E-state index in [-0.39, 0.29) is 11.5 Å². The van der Waals surface area contributed by atoms with Gasteiger partial charge in [-0.2, -0.15) is 5.10 Å². The number of hydrogen-bond acceptors (Lipinski definition) is 3. The van der Waals surface area contributed by atoms with Crippen LogP contribution in [-0.2, 0) is 19.5 Å². The Morgan fingerprint density at radius 3 is 2.61 bits per heavy atom. The summed E-state index contributed by atoms with van der Waals surface area (Å²) >= 11 is 0. The van der Waals surface area contributed by atoms with Crippen molar-refractivity contribution < 1.29 is 4.39 Å². The molecule has 0 saturated carbocycles.